The fourth-order valence-electron chi connectivity index (χ4n) is 2.95. The molecule has 6 heteroatoms. The van der Waals surface area contributed by atoms with Crippen molar-refractivity contribution in [3.8, 4) is 0 Å². The maximum Gasteiger partial charge on any atom is 0.410 e. The third kappa shape index (κ3) is 7.17. The summed E-state index contributed by atoms with van der Waals surface area (Å²) < 4.78 is 22.6. The van der Waals surface area contributed by atoms with Crippen LogP contribution in [0.4, 0.5) is 4.79 Å². The van der Waals surface area contributed by atoms with Crippen molar-refractivity contribution in [2.75, 3.05) is 26.0 Å². The van der Waals surface area contributed by atoms with Gasteiger partial charge in [0.2, 0.25) is 0 Å². The Balaban J connectivity index is 1.62. The second-order valence-corrected chi connectivity index (χ2v) is 9.23. The number of piperidine rings is 1. The zero-order valence-electron chi connectivity index (χ0n) is 16.3. The van der Waals surface area contributed by atoms with E-state index in [0.29, 0.717) is 12.5 Å². The van der Waals surface area contributed by atoms with Crippen molar-refractivity contribution >= 4 is 17.3 Å². The Morgan fingerprint density at radius 2 is 1.85 bits per heavy atom. The highest BCUT2D eigenvalue weighted by Crippen LogP contribution is 2.22. The van der Waals surface area contributed by atoms with E-state index in [0.717, 1.165) is 49.4 Å². The Labute approximate surface area is 160 Å². The highest BCUT2D eigenvalue weighted by atomic mass is 32.2. The SMILES string of the molecule is C[S+]([O-])c1ccc(COCCC2CCN(C(=O)OC(C)(C)C)CC2)cc1. The fourth-order valence-corrected chi connectivity index (χ4v) is 3.47. The van der Waals surface area contributed by atoms with Gasteiger partial charge in [0.05, 0.1) is 6.61 Å². The Kier molecular flexibility index (Phi) is 7.80. The summed E-state index contributed by atoms with van der Waals surface area (Å²) in [6.07, 6.45) is 4.49. The molecule has 5 nitrogen and oxygen atoms in total. The summed E-state index contributed by atoms with van der Waals surface area (Å²) in [5.41, 5.74) is 0.658. The second-order valence-electron chi connectivity index (χ2n) is 7.85. The predicted octanol–water partition coefficient (Wildman–Crippen LogP) is 3.98. The first-order chi connectivity index (χ1) is 12.2. The molecule has 1 unspecified atom stereocenters. The Hall–Kier alpha value is -1.24. The van der Waals surface area contributed by atoms with E-state index in [1.54, 1.807) is 6.26 Å². The predicted molar refractivity (Wildman–Crippen MR) is 104 cm³/mol. The van der Waals surface area contributed by atoms with E-state index in [4.69, 9.17) is 9.47 Å². The third-order valence-electron chi connectivity index (χ3n) is 4.46. The van der Waals surface area contributed by atoms with Crippen molar-refractivity contribution in [2.45, 2.75) is 57.1 Å². The second kappa shape index (κ2) is 9.62. The molecule has 0 spiro atoms. The minimum atomic E-state index is -0.938. The van der Waals surface area contributed by atoms with Gasteiger partial charge in [0.1, 0.15) is 11.9 Å². The lowest BCUT2D eigenvalue weighted by molar-refractivity contribution is 0.0164. The van der Waals surface area contributed by atoms with Crippen molar-refractivity contribution in [2.24, 2.45) is 5.92 Å². The van der Waals surface area contributed by atoms with Crippen molar-refractivity contribution in [1.29, 1.82) is 0 Å². The molecule has 1 atom stereocenters. The summed E-state index contributed by atoms with van der Waals surface area (Å²) in [6, 6.07) is 7.72. The zero-order chi connectivity index (χ0) is 19.2. The maximum absolute atomic E-state index is 12.1. The summed E-state index contributed by atoms with van der Waals surface area (Å²) in [4.78, 5) is 14.7. The molecule has 146 valence electrons. The van der Waals surface area contributed by atoms with Crippen molar-refractivity contribution < 1.29 is 18.8 Å². The average Bonchev–Trinajstić information content (AvgIpc) is 2.58. The molecule has 0 saturated carbocycles. The number of hydrogen-bond acceptors (Lipinski definition) is 4. The van der Waals surface area contributed by atoms with Gasteiger partial charge in [-0.15, -0.1) is 0 Å². The van der Waals surface area contributed by atoms with E-state index in [1.165, 1.54) is 0 Å². The van der Waals surface area contributed by atoms with Crippen LogP contribution in [0.15, 0.2) is 29.2 Å². The van der Waals surface area contributed by atoms with Crippen LogP contribution < -0.4 is 0 Å². The van der Waals surface area contributed by atoms with E-state index in [9.17, 15) is 9.35 Å². The fraction of sp³-hybridized carbons (Fsp3) is 0.650. The van der Waals surface area contributed by atoms with Gasteiger partial charge in [-0.25, -0.2) is 4.79 Å². The van der Waals surface area contributed by atoms with Crippen LogP contribution in [-0.4, -0.2) is 47.1 Å². The van der Waals surface area contributed by atoms with Gasteiger partial charge < -0.3 is 18.9 Å². The average molecular weight is 382 g/mol. The Bertz CT molecular complexity index is 560. The lowest BCUT2D eigenvalue weighted by Gasteiger charge is -2.33. The smallest absolute Gasteiger partial charge is 0.410 e. The van der Waals surface area contributed by atoms with Crippen molar-refractivity contribution in [1.82, 2.24) is 4.90 Å². The van der Waals surface area contributed by atoms with Crippen LogP contribution in [0.25, 0.3) is 0 Å². The van der Waals surface area contributed by atoms with Gasteiger partial charge in [-0.2, -0.15) is 0 Å². The van der Waals surface area contributed by atoms with Crippen molar-refractivity contribution in [3.05, 3.63) is 29.8 Å². The van der Waals surface area contributed by atoms with Crippen LogP contribution in [0.2, 0.25) is 0 Å². The number of nitrogens with zero attached hydrogens (tertiary/aromatic N) is 1. The van der Waals surface area contributed by atoms with E-state index in [2.05, 4.69) is 0 Å². The molecule has 1 aromatic rings. The van der Waals surface area contributed by atoms with Crippen LogP contribution in [0.1, 0.15) is 45.6 Å². The largest absolute Gasteiger partial charge is 0.612 e. The highest BCUT2D eigenvalue weighted by molar-refractivity contribution is 7.90. The lowest BCUT2D eigenvalue weighted by atomic mass is 9.94. The van der Waals surface area contributed by atoms with Crippen LogP contribution in [0.3, 0.4) is 0 Å². The van der Waals surface area contributed by atoms with Gasteiger partial charge >= 0.3 is 6.09 Å². The Morgan fingerprint density at radius 1 is 1.23 bits per heavy atom. The van der Waals surface area contributed by atoms with Crippen LogP contribution >= 0.6 is 0 Å². The number of amides is 1. The molecule has 1 aliphatic heterocycles. The molecule has 2 rings (SSSR count). The summed E-state index contributed by atoms with van der Waals surface area (Å²) >= 11 is -0.938. The van der Waals surface area contributed by atoms with E-state index >= 15 is 0 Å². The quantitative estimate of drug-likeness (QED) is 0.552. The normalized spacial score (nSPS) is 17.2. The van der Waals surface area contributed by atoms with Gasteiger partial charge in [0.25, 0.3) is 0 Å². The number of likely N-dealkylation sites (tertiary alicyclic amines) is 1. The molecule has 1 fully saturated rings. The van der Waals surface area contributed by atoms with E-state index < -0.39 is 16.8 Å². The number of ether oxygens (including phenoxy) is 2. The molecule has 0 aliphatic carbocycles. The summed E-state index contributed by atoms with van der Waals surface area (Å²) in [5, 5.41) is 0. The zero-order valence-corrected chi connectivity index (χ0v) is 17.1. The molecule has 1 amide bonds. The molecule has 0 radical (unpaired) electrons. The van der Waals surface area contributed by atoms with Crippen LogP contribution in [-0.2, 0) is 27.3 Å². The molecular formula is C20H31NO4S. The minimum absolute atomic E-state index is 0.205. The minimum Gasteiger partial charge on any atom is -0.612 e. The molecule has 0 aromatic heterocycles. The molecule has 1 aromatic carbocycles. The summed E-state index contributed by atoms with van der Waals surface area (Å²) in [5.74, 6) is 0.596. The van der Waals surface area contributed by atoms with Gasteiger partial charge in [-0.1, -0.05) is 12.1 Å². The van der Waals surface area contributed by atoms with Crippen LogP contribution in [0, 0.1) is 5.92 Å². The topological polar surface area (TPSA) is 61.8 Å². The first-order valence-electron chi connectivity index (χ1n) is 9.22. The molecule has 1 heterocycles. The third-order valence-corrected chi connectivity index (χ3v) is 5.40. The standard InChI is InChI=1S/C20H31NO4S/c1-20(2,3)25-19(22)21-12-9-16(10-13-21)11-14-24-15-17-5-7-18(8-6-17)26(4)23/h5-8,16H,9-15H2,1-4H3. The highest BCUT2D eigenvalue weighted by Gasteiger charge is 2.26. The number of carbonyl (C=O) groups is 1. The first kappa shape index (κ1) is 21.1. The molecule has 1 saturated heterocycles. The summed E-state index contributed by atoms with van der Waals surface area (Å²) in [6.45, 7) is 8.49. The monoisotopic (exact) mass is 381 g/mol. The molecule has 1 aliphatic rings. The molecule has 0 N–H and O–H groups in total. The number of carbonyl (C=O) groups excluding carboxylic acids is 1. The van der Waals surface area contributed by atoms with Gasteiger partial charge in [-0.05, 0) is 74.8 Å². The Morgan fingerprint density at radius 3 is 2.38 bits per heavy atom. The van der Waals surface area contributed by atoms with Gasteiger partial charge in [-0.3, -0.25) is 0 Å². The number of hydrogen-bond donors (Lipinski definition) is 0. The van der Waals surface area contributed by atoms with Crippen LogP contribution in [0.5, 0.6) is 0 Å². The molecule has 26 heavy (non-hydrogen) atoms. The molecular weight excluding hydrogens is 350 g/mol. The first-order valence-corrected chi connectivity index (χ1v) is 10.8. The summed E-state index contributed by atoms with van der Waals surface area (Å²) in [7, 11) is 0. The lowest BCUT2D eigenvalue weighted by Crippen LogP contribution is -2.41. The van der Waals surface area contributed by atoms with E-state index in [1.807, 2.05) is 49.9 Å². The molecule has 0 bridgehead atoms. The van der Waals surface area contributed by atoms with Gasteiger partial charge in [0.15, 0.2) is 4.90 Å². The number of benzene rings is 1. The van der Waals surface area contributed by atoms with Crippen molar-refractivity contribution in [3.63, 3.8) is 0 Å². The number of rotatable bonds is 6. The van der Waals surface area contributed by atoms with Gasteiger partial charge in [0, 0.05) is 19.7 Å². The van der Waals surface area contributed by atoms with E-state index in [-0.39, 0.29) is 6.09 Å². The maximum atomic E-state index is 12.1.